The highest BCUT2D eigenvalue weighted by molar-refractivity contribution is 5.46. The van der Waals surface area contributed by atoms with Gasteiger partial charge in [-0.15, -0.1) is 0 Å². The zero-order valence-electron chi connectivity index (χ0n) is 9.45. The second kappa shape index (κ2) is 6.19. The fourth-order valence-electron chi connectivity index (χ4n) is 1.26. The number of ether oxygens (including phenoxy) is 1. The Kier molecular flexibility index (Phi) is 4.83. The number of anilines is 2. The van der Waals surface area contributed by atoms with Crippen LogP contribution < -0.4 is 10.6 Å². The fraction of sp³-hybridized carbons (Fsp3) is 0.600. The number of rotatable bonds is 6. The molecule has 0 amide bonds. The van der Waals surface area contributed by atoms with Crippen molar-refractivity contribution >= 4 is 11.6 Å². The van der Waals surface area contributed by atoms with Crippen LogP contribution in [0.5, 0.6) is 0 Å². The Hall–Kier alpha value is -1.36. The molecule has 0 aliphatic rings. The maximum atomic E-state index is 5.03. The molecule has 1 atom stereocenters. The molecule has 84 valence electrons. The molecule has 2 N–H and O–H groups in total. The van der Waals surface area contributed by atoms with Gasteiger partial charge in [0.1, 0.15) is 18.0 Å². The predicted octanol–water partition coefficient (Wildman–Crippen LogP) is 1.36. The van der Waals surface area contributed by atoms with Crippen LogP contribution in [-0.4, -0.2) is 36.3 Å². The first-order valence-corrected chi connectivity index (χ1v) is 5.07. The van der Waals surface area contributed by atoms with Gasteiger partial charge in [-0.1, -0.05) is 0 Å². The molecule has 0 spiro atoms. The predicted molar refractivity (Wildman–Crippen MR) is 61.2 cm³/mol. The van der Waals surface area contributed by atoms with Crippen molar-refractivity contribution in [3.05, 3.63) is 12.4 Å². The second-order valence-corrected chi connectivity index (χ2v) is 3.32. The van der Waals surface area contributed by atoms with Gasteiger partial charge in [-0.2, -0.15) is 0 Å². The van der Waals surface area contributed by atoms with E-state index in [9.17, 15) is 0 Å². The van der Waals surface area contributed by atoms with Gasteiger partial charge < -0.3 is 15.4 Å². The molecule has 5 nitrogen and oxygen atoms in total. The molecule has 0 radical (unpaired) electrons. The van der Waals surface area contributed by atoms with E-state index in [1.165, 1.54) is 0 Å². The molecular weight excluding hydrogens is 192 g/mol. The van der Waals surface area contributed by atoms with Gasteiger partial charge in [0.2, 0.25) is 0 Å². The summed E-state index contributed by atoms with van der Waals surface area (Å²) in [5.41, 5.74) is 0. The number of nitrogens with one attached hydrogen (secondary N) is 2. The van der Waals surface area contributed by atoms with E-state index in [1.54, 1.807) is 13.4 Å². The monoisotopic (exact) mass is 210 g/mol. The van der Waals surface area contributed by atoms with Crippen molar-refractivity contribution in [2.75, 3.05) is 30.9 Å². The van der Waals surface area contributed by atoms with E-state index in [1.807, 2.05) is 19.9 Å². The summed E-state index contributed by atoms with van der Waals surface area (Å²) in [7, 11) is 1.68. The third-order valence-corrected chi connectivity index (χ3v) is 1.84. The van der Waals surface area contributed by atoms with Gasteiger partial charge >= 0.3 is 0 Å². The second-order valence-electron chi connectivity index (χ2n) is 3.32. The molecule has 0 aliphatic carbocycles. The van der Waals surface area contributed by atoms with E-state index in [2.05, 4.69) is 20.6 Å². The van der Waals surface area contributed by atoms with Gasteiger partial charge in [-0.05, 0) is 13.8 Å². The molecule has 1 aromatic heterocycles. The normalized spacial score (nSPS) is 12.2. The summed E-state index contributed by atoms with van der Waals surface area (Å²) in [4.78, 5) is 8.22. The summed E-state index contributed by atoms with van der Waals surface area (Å²) in [6, 6.07) is 2.12. The number of hydrogen-bond donors (Lipinski definition) is 2. The molecule has 0 aromatic carbocycles. The fourth-order valence-corrected chi connectivity index (χ4v) is 1.26. The minimum Gasteiger partial charge on any atom is -0.383 e. The van der Waals surface area contributed by atoms with E-state index in [0.29, 0.717) is 6.61 Å². The van der Waals surface area contributed by atoms with Crippen LogP contribution in [-0.2, 0) is 4.74 Å². The van der Waals surface area contributed by atoms with E-state index in [-0.39, 0.29) is 6.04 Å². The van der Waals surface area contributed by atoms with Gasteiger partial charge in [0, 0.05) is 25.8 Å². The molecule has 0 fully saturated rings. The molecule has 1 heterocycles. The van der Waals surface area contributed by atoms with E-state index < -0.39 is 0 Å². The lowest BCUT2D eigenvalue weighted by atomic mass is 10.3. The lowest BCUT2D eigenvalue weighted by Crippen LogP contribution is -2.21. The molecule has 0 bridgehead atoms. The van der Waals surface area contributed by atoms with Crippen LogP contribution in [0.3, 0.4) is 0 Å². The summed E-state index contributed by atoms with van der Waals surface area (Å²) in [5.74, 6) is 1.64. The highest BCUT2D eigenvalue weighted by Crippen LogP contribution is 2.09. The molecule has 0 aliphatic heterocycles. The summed E-state index contributed by atoms with van der Waals surface area (Å²) < 4.78 is 5.03. The number of nitrogens with zero attached hydrogens (tertiary/aromatic N) is 2. The highest BCUT2D eigenvalue weighted by Gasteiger charge is 2.02. The third-order valence-electron chi connectivity index (χ3n) is 1.84. The number of methoxy groups -OCH3 is 1. The van der Waals surface area contributed by atoms with Crippen LogP contribution in [0.2, 0.25) is 0 Å². The molecule has 1 aromatic rings. The maximum absolute atomic E-state index is 5.03. The van der Waals surface area contributed by atoms with Gasteiger partial charge in [0.05, 0.1) is 6.61 Å². The summed E-state index contributed by atoms with van der Waals surface area (Å²) in [6.07, 6.45) is 1.54. The SMILES string of the molecule is CCNc1cc(NC(C)COC)ncn1. The first-order chi connectivity index (χ1) is 7.26. The van der Waals surface area contributed by atoms with Gasteiger partial charge in [-0.25, -0.2) is 9.97 Å². The lowest BCUT2D eigenvalue weighted by molar-refractivity contribution is 0.190. The van der Waals surface area contributed by atoms with Crippen molar-refractivity contribution in [1.29, 1.82) is 0 Å². The number of aromatic nitrogens is 2. The maximum Gasteiger partial charge on any atom is 0.131 e. The average Bonchev–Trinajstić information content (AvgIpc) is 2.19. The Morgan fingerprint density at radius 3 is 2.80 bits per heavy atom. The van der Waals surface area contributed by atoms with Crippen molar-refractivity contribution in [2.45, 2.75) is 19.9 Å². The number of hydrogen-bond acceptors (Lipinski definition) is 5. The van der Waals surface area contributed by atoms with E-state index in [0.717, 1.165) is 18.2 Å². The van der Waals surface area contributed by atoms with Gasteiger partial charge in [0.15, 0.2) is 0 Å². The van der Waals surface area contributed by atoms with Crippen molar-refractivity contribution < 1.29 is 4.74 Å². The minimum absolute atomic E-state index is 0.236. The summed E-state index contributed by atoms with van der Waals surface area (Å²) >= 11 is 0. The molecule has 0 saturated carbocycles. The lowest BCUT2D eigenvalue weighted by Gasteiger charge is -2.13. The highest BCUT2D eigenvalue weighted by atomic mass is 16.5. The van der Waals surface area contributed by atoms with Crippen LogP contribution in [0.4, 0.5) is 11.6 Å². The Balaban J connectivity index is 2.56. The first kappa shape index (κ1) is 11.7. The Labute approximate surface area is 90.3 Å². The van der Waals surface area contributed by atoms with Crippen molar-refractivity contribution in [2.24, 2.45) is 0 Å². The quantitative estimate of drug-likeness (QED) is 0.742. The van der Waals surface area contributed by atoms with E-state index in [4.69, 9.17) is 4.74 Å². The molecule has 0 saturated heterocycles. The smallest absolute Gasteiger partial charge is 0.131 e. The zero-order chi connectivity index (χ0) is 11.1. The van der Waals surface area contributed by atoms with Crippen LogP contribution in [0.25, 0.3) is 0 Å². The molecule has 5 heteroatoms. The van der Waals surface area contributed by atoms with Crippen LogP contribution in [0.1, 0.15) is 13.8 Å². The molecular formula is C10H18N4O. The Morgan fingerprint density at radius 1 is 1.40 bits per heavy atom. The third kappa shape index (κ3) is 4.12. The zero-order valence-corrected chi connectivity index (χ0v) is 9.45. The largest absolute Gasteiger partial charge is 0.383 e. The molecule has 15 heavy (non-hydrogen) atoms. The first-order valence-electron chi connectivity index (χ1n) is 5.07. The molecule has 1 unspecified atom stereocenters. The van der Waals surface area contributed by atoms with E-state index >= 15 is 0 Å². The molecule has 1 rings (SSSR count). The van der Waals surface area contributed by atoms with Crippen LogP contribution >= 0.6 is 0 Å². The average molecular weight is 210 g/mol. The minimum atomic E-state index is 0.236. The summed E-state index contributed by atoms with van der Waals surface area (Å²) in [6.45, 7) is 5.58. The van der Waals surface area contributed by atoms with Gasteiger partial charge in [-0.3, -0.25) is 0 Å². The standard InChI is InChI=1S/C10H18N4O/c1-4-11-9-5-10(13-7-12-9)14-8(2)6-15-3/h5,7-8H,4,6H2,1-3H3,(H2,11,12,13,14). The van der Waals surface area contributed by atoms with Crippen molar-refractivity contribution in [3.8, 4) is 0 Å². The van der Waals surface area contributed by atoms with Gasteiger partial charge in [0.25, 0.3) is 0 Å². The topological polar surface area (TPSA) is 59.1 Å². The Morgan fingerprint density at radius 2 is 2.13 bits per heavy atom. The van der Waals surface area contributed by atoms with Crippen molar-refractivity contribution in [1.82, 2.24) is 9.97 Å². The van der Waals surface area contributed by atoms with Crippen molar-refractivity contribution in [3.63, 3.8) is 0 Å². The van der Waals surface area contributed by atoms with Crippen LogP contribution in [0, 0.1) is 0 Å². The summed E-state index contributed by atoms with van der Waals surface area (Å²) in [5, 5.41) is 6.36. The van der Waals surface area contributed by atoms with Crippen LogP contribution in [0.15, 0.2) is 12.4 Å². The Bertz CT molecular complexity index is 293.